The summed E-state index contributed by atoms with van der Waals surface area (Å²) in [6, 6.07) is 1.12. The smallest absolute Gasteiger partial charge is 0.270 e. The minimum Gasteiger partial charge on any atom is -0.382 e. The van der Waals surface area contributed by atoms with Gasteiger partial charge in [-0.25, -0.2) is 4.68 Å². The normalized spacial score (nSPS) is 10.8. The molecule has 0 bridgehead atoms. The van der Waals surface area contributed by atoms with Gasteiger partial charge in [0.05, 0.1) is 19.4 Å². The number of hydrogen-bond acceptors (Lipinski definition) is 5. The molecule has 0 spiro atoms. The second-order valence-corrected chi connectivity index (χ2v) is 2.77. The third kappa shape index (κ3) is 2.61. The summed E-state index contributed by atoms with van der Waals surface area (Å²) < 4.78 is 11.2. The largest absolute Gasteiger partial charge is 0.382 e. The fourth-order valence-corrected chi connectivity index (χ4v) is 1.13. The second-order valence-electron chi connectivity index (χ2n) is 2.77. The van der Waals surface area contributed by atoms with E-state index in [1.807, 2.05) is 0 Å². The molecule has 0 unspecified atom stereocenters. The van der Waals surface area contributed by atoms with Gasteiger partial charge >= 0.3 is 0 Å². The van der Waals surface area contributed by atoms with Crippen molar-refractivity contribution in [3.8, 4) is 0 Å². The van der Waals surface area contributed by atoms with E-state index >= 15 is 0 Å². The van der Waals surface area contributed by atoms with Crippen molar-refractivity contribution in [1.82, 2.24) is 15.0 Å². The molecule has 0 saturated heterocycles. The van der Waals surface area contributed by atoms with Crippen LogP contribution in [-0.2, 0) is 9.47 Å². The van der Waals surface area contributed by atoms with E-state index in [9.17, 15) is 4.79 Å². The highest BCUT2D eigenvalue weighted by Crippen LogP contribution is 2.00. The molecule has 0 fully saturated rings. The Morgan fingerprint density at radius 2 is 2.07 bits per heavy atom. The molecule has 1 aromatic rings. The Kier molecular flexibility index (Phi) is 4.21. The van der Waals surface area contributed by atoms with Gasteiger partial charge in [-0.3, -0.25) is 4.79 Å². The van der Waals surface area contributed by atoms with Crippen LogP contribution in [0.5, 0.6) is 0 Å². The van der Waals surface area contributed by atoms with Crippen LogP contribution >= 0.6 is 0 Å². The number of rotatable bonds is 5. The van der Waals surface area contributed by atoms with Gasteiger partial charge in [-0.15, -0.1) is 5.10 Å². The summed E-state index contributed by atoms with van der Waals surface area (Å²) in [4.78, 5) is 11.4. The first-order chi connectivity index (χ1) is 6.79. The van der Waals surface area contributed by atoms with Crippen molar-refractivity contribution in [2.45, 2.75) is 6.04 Å². The Morgan fingerprint density at radius 3 is 2.57 bits per heavy atom. The van der Waals surface area contributed by atoms with Gasteiger partial charge < -0.3 is 9.47 Å². The Balaban J connectivity index is 2.87. The van der Waals surface area contributed by atoms with E-state index in [0.29, 0.717) is 13.2 Å². The first-order valence-corrected chi connectivity index (χ1v) is 4.18. The number of hydrogen-bond donors (Lipinski definition) is 0. The van der Waals surface area contributed by atoms with E-state index in [-0.39, 0.29) is 11.6 Å². The van der Waals surface area contributed by atoms with Crippen molar-refractivity contribution in [2.24, 2.45) is 0 Å². The molecule has 0 atom stereocenters. The van der Waals surface area contributed by atoms with E-state index in [0.717, 1.165) is 0 Å². The standard InChI is InChI=1S/C8H13N3O3/c1-13-5-7(6-14-2)11-8(12)3-4-9-10-11/h3-4,7H,5-6H2,1-2H3. The minimum atomic E-state index is -0.230. The van der Waals surface area contributed by atoms with E-state index in [1.165, 1.54) is 16.9 Å². The molecule has 1 heterocycles. The van der Waals surface area contributed by atoms with Gasteiger partial charge in [-0.2, -0.15) is 0 Å². The summed E-state index contributed by atoms with van der Waals surface area (Å²) in [5, 5.41) is 7.34. The molecule has 14 heavy (non-hydrogen) atoms. The SMILES string of the molecule is COCC(COC)n1nnccc1=O. The minimum absolute atomic E-state index is 0.209. The Labute approximate surface area is 81.5 Å². The molecule has 6 nitrogen and oxygen atoms in total. The fraction of sp³-hybridized carbons (Fsp3) is 0.625. The number of methoxy groups -OCH3 is 2. The van der Waals surface area contributed by atoms with Crippen LogP contribution in [0.15, 0.2) is 17.1 Å². The third-order valence-corrected chi connectivity index (χ3v) is 1.72. The summed E-state index contributed by atoms with van der Waals surface area (Å²) in [5.41, 5.74) is -0.209. The van der Waals surface area contributed by atoms with Gasteiger partial charge in [-0.05, 0) is 0 Å². The lowest BCUT2D eigenvalue weighted by Gasteiger charge is -2.15. The average Bonchev–Trinajstić information content (AvgIpc) is 2.18. The Morgan fingerprint density at radius 1 is 1.43 bits per heavy atom. The van der Waals surface area contributed by atoms with Gasteiger partial charge in [0, 0.05) is 20.3 Å². The molecule has 0 N–H and O–H groups in total. The molecule has 78 valence electrons. The zero-order chi connectivity index (χ0) is 10.4. The highest BCUT2D eigenvalue weighted by Gasteiger charge is 2.12. The maximum atomic E-state index is 11.4. The average molecular weight is 199 g/mol. The van der Waals surface area contributed by atoms with Crippen molar-refractivity contribution in [2.75, 3.05) is 27.4 Å². The lowest BCUT2D eigenvalue weighted by Crippen LogP contribution is -2.32. The predicted molar refractivity (Wildman–Crippen MR) is 49.1 cm³/mol. The number of nitrogens with zero attached hydrogens (tertiary/aromatic N) is 3. The molecule has 0 aliphatic carbocycles. The number of ether oxygens (including phenoxy) is 2. The highest BCUT2D eigenvalue weighted by atomic mass is 16.5. The first kappa shape index (κ1) is 10.8. The molecule has 1 rings (SSSR count). The zero-order valence-electron chi connectivity index (χ0n) is 8.21. The summed E-state index contributed by atoms with van der Waals surface area (Å²) >= 11 is 0. The zero-order valence-corrected chi connectivity index (χ0v) is 8.21. The maximum Gasteiger partial charge on any atom is 0.270 e. The van der Waals surface area contributed by atoms with Crippen LogP contribution in [0.1, 0.15) is 6.04 Å². The quantitative estimate of drug-likeness (QED) is 0.638. The van der Waals surface area contributed by atoms with Crippen LogP contribution in [0.25, 0.3) is 0 Å². The Hall–Kier alpha value is -1.27. The second kappa shape index (κ2) is 5.46. The molecule has 0 aromatic carbocycles. The van der Waals surface area contributed by atoms with Gasteiger partial charge in [0.2, 0.25) is 0 Å². The van der Waals surface area contributed by atoms with Crippen LogP contribution in [-0.4, -0.2) is 42.4 Å². The van der Waals surface area contributed by atoms with Gasteiger partial charge in [-0.1, -0.05) is 5.21 Å². The van der Waals surface area contributed by atoms with Crippen LogP contribution in [0.4, 0.5) is 0 Å². The molecular weight excluding hydrogens is 186 g/mol. The molecule has 0 aliphatic rings. The summed E-state index contributed by atoms with van der Waals surface area (Å²) in [6.45, 7) is 0.735. The fourth-order valence-electron chi connectivity index (χ4n) is 1.13. The Bertz CT molecular complexity index is 320. The molecule has 0 amide bonds. The highest BCUT2D eigenvalue weighted by molar-refractivity contribution is 4.80. The molecule has 1 aromatic heterocycles. The van der Waals surface area contributed by atoms with Crippen molar-refractivity contribution in [3.63, 3.8) is 0 Å². The summed E-state index contributed by atoms with van der Waals surface area (Å²) in [6.07, 6.45) is 1.36. The van der Waals surface area contributed by atoms with Crippen molar-refractivity contribution < 1.29 is 9.47 Å². The van der Waals surface area contributed by atoms with E-state index in [1.54, 1.807) is 14.2 Å². The third-order valence-electron chi connectivity index (χ3n) is 1.72. The monoisotopic (exact) mass is 199 g/mol. The van der Waals surface area contributed by atoms with Gasteiger partial charge in [0.25, 0.3) is 5.56 Å². The van der Waals surface area contributed by atoms with Crippen LogP contribution in [0, 0.1) is 0 Å². The van der Waals surface area contributed by atoms with Crippen molar-refractivity contribution in [1.29, 1.82) is 0 Å². The summed E-state index contributed by atoms with van der Waals surface area (Å²) in [5.74, 6) is 0. The van der Waals surface area contributed by atoms with E-state index in [4.69, 9.17) is 9.47 Å². The van der Waals surface area contributed by atoms with Crippen LogP contribution in [0.2, 0.25) is 0 Å². The molecule has 0 radical (unpaired) electrons. The topological polar surface area (TPSA) is 66.2 Å². The summed E-state index contributed by atoms with van der Waals surface area (Å²) in [7, 11) is 3.12. The number of aromatic nitrogens is 3. The van der Waals surface area contributed by atoms with Gasteiger partial charge in [0.15, 0.2) is 0 Å². The molecule has 6 heteroatoms. The van der Waals surface area contributed by atoms with Gasteiger partial charge in [0.1, 0.15) is 6.04 Å². The van der Waals surface area contributed by atoms with Crippen molar-refractivity contribution >= 4 is 0 Å². The first-order valence-electron chi connectivity index (χ1n) is 4.18. The van der Waals surface area contributed by atoms with Crippen molar-refractivity contribution in [3.05, 3.63) is 22.6 Å². The van der Waals surface area contributed by atoms with E-state index in [2.05, 4.69) is 10.3 Å². The van der Waals surface area contributed by atoms with Crippen LogP contribution < -0.4 is 5.56 Å². The molecule has 0 aliphatic heterocycles. The maximum absolute atomic E-state index is 11.4. The molecular formula is C8H13N3O3. The lowest BCUT2D eigenvalue weighted by atomic mass is 10.3. The van der Waals surface area contributed by atoms with Crippen LogP contribution in [0.3, 0.4) is 0 Å². The van der Waals surface area contributed by atoms with E-state index < -0.39 is 0 Å². The lowest BCUT2D eigenvalue weighted by molar-refractivity contribution is 0.0799. The molecule has 0 saturated carbocycles. The predicted octanol–water partition coefficient (Wildman–Crippen LogP) is -0.528.